The van der Waals surface area contributed by atoms with Crippen LogP contribution in [0.2, 0.25) is 0 Å². The van der Waals surface area contributed by atoms with Gasteiger partial charge in [-0.2, -0.15) is 0 Å². The molecule has 1 aromatic heterocycles. The van der Waals surface area contributed by atoms with E-state index in [1.807, 2.05) is 20.8 Å². The van der Waals surface area contributed by atoms with E-state index < -0.39 is 0 Å². The van der Waals surface area contributed by atoms with Gasteiger partial charge in [0.1, 0.15) is 0 Å². The van der Waals surface area contributed by atoms with Crippen LogP contribution in [0.1, 0.15) is 20.8 Å². The Morgan fingerprint density at radius 1 is 1.53 bits per heavy atom. The molecule has 2 N–H and O–H groups in total. The van der Waals surface area contributed by atoms with Gasteiger partial charge in [-0.3, -0.25) is 5.32 Å². The summed E-state index contributed by atoms with van der Waals surface area (Å²) in [6.45, 7) is 6.01. The summed E-state index contributed by atoms with van der Waals surface area (Å²) in [5.74, 6) is 0.588. The molecule has 5 heteroatoms. The number of hydrogen-bond acceptors (Lipinski definition) is 2. The molecule has 0 saturated heterocycles. The molecule has 82 valence electrons. The van der Waals surface area contributed by atoms with Gasteiger partial charge in [-0.25, -0.2) is 4.79 Å². The minimum absolute atomic E-state index is 0.126. The highest BCUT2D eigenvalue weighted by Crippen LogP contribution is 2.07. The molecule has 0 aliphatic rings. The van der Waals surface area contributed by atoms with Gasteiger partial charge in [0.05, 0.1) is 6.26 Å². The lowest BCUT2D eigenvalue weighted by Gasteiger charge is -2.21. The quantitative estimate of drug-likeness (QED) is 0.719. The molecule has 1 heterocycles. The van der Waals surface area contributed by atoms with Crippen molar-refractivity contribution in [1.82, 2.24) is 5.32 Å². The summed E-state index contributed by atoms with van der Waals surface area (Å²) in [6, 6.07) is 3.54. The Hall–Kier alpha value is -1.29. The molecule has 0 saturated carbocycles. The van der Waals surface area contributed by atoms with E-state index in [0.717, 1.165) is 10.9 Å². The van der Waals surface area contributed by atoms with Gasteiger partial charge >= 0.3 is 0 Å². The fourth-order valence-electron chi connectivity index (χ4n) is 0.926. The zero-order valence-electron chi connectivity index (χ0n) is 8.96. The predicted octanol–water partition coefficient (Wildman–Crippen LogP) is 1.97. The molecule has 0 atom stereocenters. The highest BCUT2D eigenvalue weighted by atomic mass is 32.1. The molecule has 15 heavy (non-hydrogen) atoms. The average Bonchev–Trinajstić information content (AvgIpc) is 2.54. The van der Waals surface area contributed by atoms with Crippen molar-refractivity contribution in [2.45, 2.75) is 26.3 Å². The first-order valence-corrected chi connectivity index (χ1v) is 5.32. The first-order valence-electron chi connectivity index (χ1n) is 4.51. The Labute approximate surface area is 92.2 Å². The summed E-state index contributed by atoms with van der Waals surface area (Å²) in [7, 11) is 0.930. The Kier molecular flexibility index (Phi) is 3.91. The van der Waals surface area contributed by atoms with Gasteiger partial charge < -0.3 is 9.73 Å². The normalized spacial score (nSPS) is 10.6. The number of carbonyl (C=O) groups excluding carboxylic acids is 1. The van der Waals surface area contributed by atoms with Crippen LogP contribution >= 0.6 is 10.9 Å². The molecule has 4 nitrogen and oxygen atoms in total. The number of nitrogens with one attached hydrogen (secondary N) is 2. The lowest BCUT2D eigenvalue weighted by Crippen LogP contribution is -2.43. The number of hydrogen-bond donors (Lipinski definition) is 2. The van der Waals surface area contributed by atoms with Crippen LogP contribution in [-0.2, 0) is 4.79 Å². The van der Waals surface area contributed by atoms with E-state index in [-0.39, 0.29) is 5.54 Å². The maximum Gasteiger partial charge on any atom is 0.198 e. The predicted molar refractivity (Wildman–Crippen MR) is 63.5 cm³/mol. The van der Waals surface area contributed by atoms with Crippen LogP contribution in [0.5, 0.6) is 0 Å². The molecule has 0 bridgehead atoms. The standard InChI is InChI=1S/C10H14N2O2S/c1-10(2,3)12-9(15-7-13)11-8-5-4-6-14-8/h4-6,11-12H,1-3H3. The number of anilines is 1. The van der Waals surface area contributed by atoms with Gasteiger partial charge in [0.25, 0.3) is 0 Å². The molecule has 0 aliphatic heterocycles. The smallest absolute Gasteiger partial charge is 0.198 e. The topological polar surface area (TPSA) is 54.3 Å². The van der Waals surface area contributed by atoms with E-state index in [1.165, 1.54) is 0 Å². The van der Waals surface area contributed by atoms with Crippen LogP contribution in [0.4, 0.5) is 5.88 Å². The molecule has 1 aromatic rings. The highest BCUT2D eigenvalue weighted by Gasteiger charge is 2.12. The highest BCUT2D eigenvalue weighted by molar-refractivity contribution is 7.96. The summed E-state index contributed by atoms with van der Waals surface area (Å²) in [4.78, 5) is 10.3. The molecule has 0 amide bonds. The van der Waals surface area contributed by atoms with Crippen LogP contribution < -0.4 is 10.6 Å². The Bertz CT molecular complexity index is 394. The fraction of sp³-hybridized carbons (Fsp3) is 0.400. The van der Waals surface area contributed by atoms with Gasteiger partial charge in [-0.15, -0.1) is 0 Å². The SMILES string of the molecule is CC(C)(C)NC(Nc1ccco1)=S=C=O. The second-order valence-corrected chi connectivity index (χ2v) is 4.77. The van der Waals surface area contributed by atoms with Crippen molar-refractivity contribution in [2.24, 2.45) is 0 Å². The van der Waals surface area contributed by atoms with Crippen molar-refractivity contribution < 1.29 is 9.21 Å². The molecule has 0 unspecified atom stereocenters. The summed E-state index contributed by atoms with van der Waals surface area (Å²) >= 11 is 0. The van der Waals surface area contributed by atoms with Crippen molar-refractivity contribution in [3.05, 3.63) is 18.4 Å². The van der Waals surface area contributed by atoms with Gasteiger partial charge in [0.15, 0.2) is 16.2 Å². The van der Waals surface area contributed by atoms with Crippen LogP contribution in [-0.4, -0.2) is 15.9 Å². The lowest BCUT2D eigenvalue weighted by molar-refractivity contribution is 0.513. The largest absolute Gasteiger partial charge is 0.449 e. The van der Waals surface area contributed by atoms with Gasteiger partial charge in [-0.05, 0) is 37.8 Å². The molecule has 0 aromatic carbocycles. The second kappa shape index (κ2) is 4.98. The van der Waals surface area contributed by atoms with E-state index >= 15 is 0 Å². The van der Waals surface area contributed by atoms with Crippen LogP contribution in [0.25, 0.3) is 0 Å². The minimum atomic E-state index is -0.126. The van der Waals surface area contributed by atoms with E-state index in [9.17, 15) is 4.79 Å². The minimum Gasteiger partial charge on any atom is -0.449 e. The number of furan rings is 1. The van der Waals surface area contributed by atoms with Crippen molar-refractivity contribution in [1.29, 1.82) is 0 Å². The number of rotatable bonds is 1. The second-order valence-electron chi connectivity index (χ2n) is 3.99. The molecule has 0 aliphatic carbocycles. The first kappa shape index (κ1) is 11.8. The Balaban J connectivity index is 2.78. The Morgan fingerprint density at radius 3 is 2.73 bits per heavy atom. The first-order chi connectivity index (χ1) is 7.01. The average molecular weight is 226 g/mol. The van der Waals surface area contributed by atoms with Gasteiger partial charge in [-0.1, -0.05) is 0 Å². The van der Waals surface area contributed by atoms with E-state index in [2.05, 4.69) is 10.6 Å². The summed E-state index contributed by atoms with van der Waals surface area (Å²) in [5.41, 5.74) is -0.126. The zero-order valence-corrected chi connectivity index (χ0v) is 9.77. The van der Waals surface area contributed by atoms with Crippen molar-refractivity contribution in [2.75, 3.05) is 5.32 Å². The summed E-state index contributed by atoms with van der Waals surface area (Å²) < 4.78 is 5.11. The molecular formula is C10H14N2O2S. The fourth-order valence-corrected chi connectivity index (χ4v) is 1.52. The lowest BCUT2D eigenvalue weighted by atomic mass is 10.1. The third-order valence-corrected chi connectivity index (χ3v) is 1.88. The third-order valence-electron chi connectivity index (χ3n) is 1.39. The van der Waals surface area contributed by atoms with Crippen molar-refractivity contribution in [3.63, 3.8) is 0 Å². The van der Waals surface area contributed by atoms with E-state index in [1.54, 1.807) is 23.6 Å². The molecule has 0 spiro atoms. The van der Waals surface area contributed by atoms with Crippen LogP contribution in [0, 0.1) is 0 Å². The molecule has 0 fully saturated rings. The van der Waals surface area contributed by atoms with Crippen molar-refractivity contribution in [3.8, 4) is 0 Å². The van der Waals surface area contributed by atoms with Gasteiger partial charge in [0.2, 0.25) is 0 Å². The summed E-state index contributed by atoms with van der Waals surface area (Å²) in [5, 5.41) is 8.47. The third kappa shape index (κ3) is 4.65. The van der Waals surface area contributed by atoms with Gasteiger partial charge in [0, 0.05) is 11.6 Å². The van der Waals surface area contributed by atoms with Crippen molar-refractivity contribution >= 4 is 27.2 Å². The monoisotopic (exact) mass is 226 g/mol. The summed E-state index contributed by atoms with van der Waals surface area (Å²) in [6.07, 6.45) is 1.56. The van der Waals surface area contributed by atoms with Crippen LogP contribution in [0.3, 0.4) is 0 Å². The maximum absolute atomic E-state index is 10.3. The maximum atomic E-state index is 10.3. The molecule has 0 radical (unpaired) electrons. The molecule has 1 rings (SSSR count). The zero-order chi connectivity index (χ0) is 11.3. The molecular weight excluding hydrogens is 212 g/mol. The Morgan fingerprint density at radius 2 is 2.27 bits per heavy atom. The van der Waals surface area contributed by atoms with Crippen LogP contribution in [0.15, 0.2) is 22.8 Å². The van der Waals surface area contributed by atoms with E-state index in [4.69, 9.17) is 4.42 Å². The van der Waals surface area contributed by atoms with E-state index in [0.29, 0.717) is 11.0 Å².